The molecule has 4 rings (SSSR count). The van der Waals surface area contributed by atoms with E-state index in [1.54, 1.807) is 0 Å². The lowest BCUT2D eigenvalue weighted by Gasteiger charge is -2.38. The minimum atomic E-state index is -5.17. The molecule has 0 radical (unpaired) electrons. The van der Waals surface area contributed by atoms with Crippen LogP contribution in [0.4, 0.5) is 5.69 Å². The molecule has 1 aliphatic heterocycles. The Morgan fingerprint density at radius 3 is 1.97 bits per heavy atom. The second-order valence-electron chi connectivity index (χ2n) is 8.12. The maximum atomic E-state index is 8.52. The summed E-state index contributed by atoms with van der Waals surface area (Å²) in [5.41, 5.74) is 2.27. The topological polar surface area (TPSA) is 159 Å². The minimum Gasteiger partial charge on any atom is -0.759 e. The van der Waals surface area contributed by atoms with Gasteiger partial charge in [-0.05, 0) is 74.6 Å². The number of diazo groups is 1. The summed E-state index contributed by atoms with van der Waals surface area (Å²) in [7, 11) is -5.17. The van der Waals surface area contributed by atoms with Crippen LogP contribution in [0.3, 0.4) is 0 Å². The van der Waals surface area contributed by atoms with Gasteiger partial charge in [-0.3, -0.25) is 8.42 Å². The van der Waals surface area contributed by atoms with E-state index in [0.717, 1.165) is 50.6 Å². The molecule has 1 aliphatic carbocycles. The summed E-state index contributed by atoms with van der Waals surface area (Å²) in [5.74, 6) is 1.87. The molecule has 0 bridgehead atoms. The van der Waals surface area contributed by atoms with E-state index in [0.29, 0.717) is 6.61 Å². The number of hydrogen-bond acceptors (Lipinski definition) is 9. The van der Waals surface area contributed by atoms with Crippen molar-refractivity contribution in [3.8, 4) is 11.5 Å². The third-order valence-electron chi connectivity index (χ3n) is 5.88. The Kier molecular flexibility index (Phi) is 11.2. The van der Waals surface area contributed by atoms with Crippen molar-refractivity contribution in [3.05, 3.63) is 54.1 Å². The normalized spacial score (nSPS) is 17.1. The fourth-order valence-electron chi connectivity index (χ4n) is 4.37. The molecule has 35 heavy (non-hydrogen) atoms. The summed E-state index contributed by atoms with van der Waals surface area (Å²) < 4.78 is 51.8. The maximum absolute atomic E-state index is 8.52. The smallest absolute Gasteiger partial charge is 0.212 e. The summed E-state index contributed by atoms with van der Waals surface area (Å²) in [5, 5.41) is 11.0. The van der Waals surface area contributed by atoms with Gasteiger partial charge < -0.3 is 28.2 Å². The van der Waals surface area contributed by atoms with Crippen molar-refractivity contribution in [2.24, 2.45) is 0 Å². The van der Waals surface area contributed by atoms with E-state index >= 15 is 0 Å². The van der Waals surface area contributed by atoms with Crippen molar-refractivity contribution in [1.29, 1.82) is 5.39 Å². The maximum Gasteiger partial charge on any atom is 0.212 e. The first-order chi connectivity index (χ1) is 16.8. The first kappa shape index (κ1) is 28.3. The SMILES string of the molecule is CCOc1ccc(C2(Oc3ccc(N4CCOCC4)cc3)CCCCC2)cc1.N#[NH+].O=S(=O)([O-])[O-]. The molecule has 1 N–H and O–H groups in total. The molecule has 2 aromatic rings. The van der Waals surface area contributed by atoms with E-state index in [-0.39, 0.29) is 5.60 Å². The molecule has 192 valence electrons. The fourth-order valence-corrected chi connectivity index (χ4v) is 4.37. The molecular weight excluding hydrogens is 474 g/mol. The number of morpholine rings is 1. The highest BCUT2D eigenvalue weighted by Crippen LogP contribution is 2.42. The summed E-state index contributed by atoms with van der Waals surface area (Å²) in [6, 6.07) is 17.1. The van der Waals surface area contributed by atoms with Gasteiger partial charge in [-0.25, -0.2) is 0 Å². The van der Waals surface area contributed by atoms with Crippen molar-refractivity contribution in [1.82, 2.24) is 0 Å². The van der Waals surface area contributed by atoms with Gasteiger partial charge in [0.2, 0.25) is 5.39 Å². The first-order valence-electron chi connectivity index (χ1n) is 11.5. The predicted molar refractivity (Wildman–Crippen MR) is 126 cm³/mol. The van der Waals surface area contributed by atoms with E-state index in [2.05, 4.69) is 53.4 Å². The van der Waals surface area contributed by atoms with Gasteiger partial charge in [0, 0.05) is 29.2 Å². The van der Waals surface area contributed by atoms with Gasteiger partial charge in [0.15, 0.2) is 0 Å². The number of nitrogens with zero attached hydrogens (tertiary/aromatic N) is 2. The Labute approximate surface area is 206 Å². The van der Waals surface area contributed by atoms with Crippen LogP contribution in [0.2, 0.25) is 0 Å². The summed E-state index contributed by atoms with van der Waals surface area (Å²) >= 11 is 0. The molecular formula is C24H32N3O7S-. The van der Waals surface area contributed by atoms with E-state index in [4.69, 9.17) is 42.5 Å². The number of benzene rings is 2. The lowest BCUT2D eigenvalue weighted by Crippen LogP contribution is -2.36. The zero-order valence-corrected chi connectivity index (χ0v) is 20.7. The zero-order chi connectivity index (χ0) is 25.7. The van der Waals surface area contributed by atoms with Gasteiger partial charge in [0.25, 0.3) is 0 Å². The second-order valence-corrected chi connectivity index (χ2v) is 8.93. The Morgan fingerprint density at radius 2 is 1.46 bits per heavy atom. The minimum absolute atomic E-state index is 0.233. The number of anilines is 1. The van der Waals surface area contributed by atoms with Crippen LogP contribution in [-0.4, -0.2) is 50.4 Å². The van der Waals surface area contributed by atoms with Gasteiger partial charge in [-0.2, -0.15) is 0 Å². The Hall–Kier alpha value is -2.91. The van der Waals surface area contributed by atoms with Crippen LogP contribution < -0.4 is 19.8 Å². The van der Waals surface area contributed by atoms with Gasteiger partial charge in [-0.1, -0.05) is 18.6 Å². The van der Waals surface area contributed by atoms with Crippen LogP contribution in [0.25, 0.3) is 0 Å². The highest BCUT2D eigenvalue weighted by atomic mass is 32.3. The van der Waals surface area contributed by atoms with Crippen molar-refractivity contribution < 1.29 is 37.1 Å². The van der Waals surface area contributed by atoms with Crippen molar-refractivity contribution in [2.45, 2.75) is 44.6 Å². The molecule has 0 unspecified atom stereocenters. The van der Waals surface area contributed by atoms with Crippen LogP contribution in [0, 0.1) is 5.39 Å². The van der Waals surface area contributed by atoms with Crippen LogP contribution >= 0.6 is 0 Å². The molecule has 0 amide bonds. The molecule has 0 atom stereocenters. The highest BCUT2D eigenvalue weighted by Gasteiger charge is 2.36. The largest absolute Gasteiger partial charge is 0.759 e. The summed E-state index contributed by atoms with van der Waals surface area (Å²) in [6.07, 6.45) is 5.83. The Balaban J connectivity index is 0.000000551. The molecule has 1 saturated heterocycles. The van der Waals surface area contributed by atoms with Gasteiger partial charge >= 0.3 is 0 Å². The average Bonchev–Trinajstić information content (AvgIpc) is 2.86. The van der Waals surface area contributed by atoms with Gasteiger partial charge in [0.05, 0.1) is 25.2 Å². The van der Waals surface area contributed by atoms with Crippen molar-refractivity contribution in [2.75, 3.05) is 37.8 Å². The van der Waals surface area contributed by atoms with Crippen molar-refractivity contribution >= 4 is 16.1 Å². The lowest BCUT2D eigenvalue weighted by molar-refractivity contribution is -0.175. The van der Waals surface area contributed by atoms with Crippen LogP contribution in [0.1, 0.15) is 44.6 Å². The zero-order valence-electron chi connectivity index (χ0n) is 19.9. The molecule has 11 heteroatoms. The number of rotatable bonds is 6. The lowest BCUT2D eigenvalue weighted by atomic mass is 9.79. The highest BCUT2D eigenvalue weighted by molar-refractivity contribution is 7.79. The van der Waals surface area contributed by atoms with Crippen molar-refractivity contribution in [3.63, 3.8) is 0 Å². The first-order valence-corrected chi connectivity index (χ1v) is 12.9. The Bertz CT molecular complexity index is 992. The molecule has 0 aromatic heterocycles. The molecule has 2 aromatic carbocycles. The van der Waals surface area contributed by atoms with E-state index in [1.807, 2.05) is 6.92 Å². The van der Waals surface area contributed by atoms with E-state index < -0.39 is 10.4 Å². The Morgan fingerprint density at radius 1 is 0.943 bits per heavy atom. The molecule has 2 fully saturated rings. The quantitative estimate of drug-likeness (QED) is 0.352. The van der Waals surface area contributed by atoms with Crippen LogP contribution in [0.5, 0.6) is 11.5 Å². The molecule has 2 aliphatic rings. The molecule has 1 saturated carbocycles. The third-order valence-corrected chi connectivity index (χ3v) is 5.88. The van der Waals surface area contributed by atoms with Gasteiger partial charge in [0.1, 0.15) is 17.1 Å². The second kappa shape index (κ2) is 13.8. The van der Waals surface area contributed by atoms with Crippen LogP contribution in [-0.2, 0) is 20.7 Å². The standard InChI is InChI=1S/C24H31NO3.N2.H2O4S/c1-2-27-22-10-6-20(7-11-22)24(14-4-3-5-15-24)28-23-12-8-21(9-13-23)25-16-18-26-19-17-25;1-2;1-5(2,3)4/h6-13H,2-5,14-19H2,1H3;;(H2,1,2,3,4)/p-1. The molecule has 0 spiro atoms. The van der Waals surface area contributed by atoms with E-state index in [9.17, 15) is 0 Å². The number of ether oxygens (including phenoxy) is 3. The fraction of sp³-hybridized carbons (Fsp3) is 0.500. The summed E-state index contributed by atoms with van der Waals surface area (Å²) in [4.78, 5) is 2.37. The number of nitrogens with one attached hydrogen (secondary N) is 1. The average molecular weight is 507 g/mol. The van der Waals surface area contributed by atoms with Crippen LogP contribution in [0.15, 0.2) is 48.5 Å². The molecule has 1 heterocycles. The van der Waals surface area contributed by atoms with Gasteiger partial charge in [-0.15, -0.1) is 0 Å². The number of hydrogen-bond donors (Lipinski definition) is 1. The summed E-state index contributed by atoms with van der Waals surface area (Å²) in [6.45, 7) is 6.22. The predicted octanol–water partition coefficient (Wildman–Crippen LogP) is 2.10. The van der Waals surface area contributed by atoms with E-state index in [1.165, 1.54) is 30.5 Å². The molecule has 10 nitrogen and oxygen atoms in total. The third kappa shape index (κ3) is 9.33. The monoisotopic (exact) mass is 506 g/mol.